The molecule has 0 aromatic heterocycles. The van der Waals surface area contributed by atoms with Crippen LogP contribution >= 0.6 is 0 Å². The Labute approximate surface area is 154 Å². The zero-order chi connectivity index (χ0) is 18.9. The number of para-hydroxylation sites is 1. The number of aryl methyl sites for hydroxylation is 1. The number of anilines is 1. The van der Waals surface area contributed by atoms with E-state index in [-0.39, 0.29) is 11.8 Å². The van der Waals surface area contributed by atoms with Crippen molar-refractivity contribution >= 4 is 17.5 Å². The first-order valence-electron chi connectivity index (χ1n) is 8.76. The largest absolute Gasteiger partial charge is 0.339 e. The van der Waals surface area contributed by atoms with Crippen molar-refractivity contribution in [1.29, 1.82) is 5.26 Å². The van der Waals surface area contributed by atoms with Crippen LogP contribution < -0.4 is 5.32 Å². The molecule has 2 aromatic carbocycles. The number of nitrogens with one attached hydrogen (secondary N) is 1. The second kappa shape index (κ2) is 9.38. The fourth-order valence-electron chi connectivity index (χ4n) is 2.68. The minimum atomic E-state index is -0.144. The molecule has 0 aliphatic carbocycles. The third-order valence-corrected chi connectivity index (χ3v) is 4.21. The lowest BCUT2D eigenvalue weighted by atomic mass is 10.1. The monoisotopic (exact) mass is 349 g/mol. The SMILES string of the molecule is CCN(CC)C(=O)c1ccccc1NC(=O)CCc1ccc(C#N)cc1. The number of carbonyl (C=O) groups is 2. The number of amides is 2. The van der Waals surface area contributed by atoms with Gasteiger partial charge in [0.1, 0.15) is 0 Å². The summed E-state index contributed by atoms with van der Waals surface area (Å²) in [4.78, 5) is 26.6. The summed E-state index contributed by atoms with van der Waals surface area (Å²) in [5.41, 5.74) is 2.63. The van der Waals surface area contributed by atoms with Crippen LogP contribution in [0.25, 0.3) is 0 Å². The summed E-state index contributed by atoms with van der Waals surface area (Å²) < 4.78 is 0. The van der Waals surface area contributed by atoms with E-state index in [4.69, 9.17) is 5.26 Å². The van der Waals surface area contributed by atoms with Crippen LogP contribution in [-0.4, -0.2) is 29.8 Å². The second-order valence-corrected chi connectivity index (χ2v) is 5.88. The lowest BCUT2D eigenvalue weighted by Gasteiger charge is -2.20. The quantitative estimate of drug-likeness (QED) is 0.830. The summed E-state index contributed by atoms with van der Waals surface area (Å²) in [7, 11) is 0. The number of carbonyl (C=O) groups excluding carboxylic acids is 2. The zero-order valence-electron chi connectivity index (χ0n) is 15.2. The Hall–Kier alpha value is -3.13. The molecule has 134 valence electrons. The van der Waals surface area contributed by atoms with Gasteiger partial charge in [0.05, 0.1) is 22.9 Å². The standard InChI is InChI=1S/C21H23N3O2/c1-3-24(4-2)21(26)18-7-5-6-8-19(18)23-20(25)14-13-16-9-11-17(15-22)12-10-16/h5-12H,3-4,13-14H2,1-2H3,(H,23,25). The van der Waals surface area contributed by atoms with Crippen LogP contribution in [0.1, 0.15) is 41.8 Å². The smallest absolute Gasteiger partial charge is 0.255 e. The molecular formula is C21H23N3O2. The second-order valence-electron chi connectivity index (χ2n) is 5.88. The van der Waals surface area contributed by atoms with Crippen molar-refractivity contribution in [3.63, 3.8) is 0 Å². The molecule has 1 N–H and O–H groups in total. The van der Waals surface area contributed by atoms with Gasteiger partial charge < -0.3 is 10.2 Å². The number of nitrogens with zero attached hydrogens (tertiary/aromatic N) is 2. The third kappa shape index (κ3) is 4.93. The van der Waals surface area contributed by atoms with Crippen molar-refractivity contribution in [1.82, 2.24) is 4.90 Å². The van der Waals surface area contributed by atoms with Crippen LogP contribution in [-0.2, 0) is 11.2 Å². The predicted molar refractivity (Wildman–Crippen MR) is 102 cm³/mol. The van der Waals surface area contributed by atoms with Gasteiger partial charge in [-0.2, -0.15) is 5.26 Å². The van der Waals surface area contributed by atoms with Crippen LogP contribution in [0.5, 0.6) is 0 Å². The van der Waals surface area contributed by atoms with E-state index in [1.165, 1.54) is 0 Å². The fourth-order valence-corrected chi connectivity index (χ4v) is 2.68. The highest BCUT2D eigenvalue weighted by atomic mass is 16.2. The first kappa shape index (κ1) is 19.2. The van der Waals surface area contributed by atoms with Gasteiger partial charge in [-0.1, -0.05) is 24.3 Å². The molecular weight excluding hydrogens is 326 g/mol. The highest BCUT2D eigenvalue weighted by Gasteiger charge is 2.17. The third-order valence-electron chi connectivity index (χ3n) is 4.21. The first-order chi connectivity index (χ1) is 12.6. The summed E-state index contributed by atoms with van der Waals surface area (Å²) in [6, 6.07) is 16.3. The van der Waals surface area contributed by atoms with Gasteiger partial charge >= 0.3 is 0 Å². The number of hydrogen-bond acceptors (Lipinski definition) is 3. The van der Waals surface area contributed by atoms with Gasteiger partial charge in [0.25, 0.3) is 5.91 Å². The molecule has 0 atom stereocenters. The minimum absolute atomic E-state index is 0.0852. The number of nitriles is 1. The minimum Gasteiger partial charge on any atom is -0.339 e. The molecule has 0 radical (unpaired) electrons. The molecule has 0 heterocycles. The van der Waals surface area contributed by atoms with Crippen molar-refractivity contribution < 1.29 is 9.59 Å². The summed E-state index contributed by atoms with van der Waals surface area (Å²) in [6.45, 7) is 5.10. The van der Waals surface area contributed by atoms with E-state index in [1.54, 1.807) is 41.3 Å². The Balaban J connectivity index is 2.02. The topological polar surface area (TPSA) is 73.2 Å². The zero-order valence-corrected chi connectivity index (χ0v) is 15.2. The molecule has 0 bridgehead atoms. The highest BCUT2D eigenvalue weighted by molar-refractivity contribution is 6.03. The molecule has 0 fully saturated rings. The average molecular weight is 349 g/mol. The molecule has 0 aliphatic rings. The van der Waals surface area contributed by atoms with Crippen molar-refractivity contribution in [3.05, 3.63) is 65.2 Å². The molecule has 26 heavy (non-hydrogen) atoms. The molecule has 2 rings (SSSR count). The van der Waals surface area contributed by atoms with E-state index in [9.17, 15) is 9.59 Å². The van der Waals surface area contributed by atoms with Gasteiger partial charge in [-0.05, 0) is 50.1 Å². The van der Waals surface area contributed by atoms with Crippen molar-refractivity contribution in [3.8, 4) is 6.07 Å². The molecule has 2 amide bonds. The lowest BCUT2D eigenvalue weighted by molar-refractivity contribution is -0.116. The van der Waals surface area contributed by atoms with Crippen LogP contribution in [0.3, 0.4) is 0 Å². The van der Waals surface area contributed by atoms with Gasteiger partial charge in [-0.3, -0.25) is 9.59 Å². The van der Waals surface area contributed by atoms with Gasteiger partial charge in [0, 0.05) is 19.5 Å². The maximum atomic E-state index is 12.6. The summed E-state index contributed by atoms with van der Waals surface area (Å²) in [6.07, 6.45) is 0.878. The highest BCUT2D eigenvalue weighted by Crippen LogP contribution is 2.18. The number of hydrogen-bond donors (Lipinski definition) is 1. The van der Waals surface area contributed by atoms with E-state index in [2.05, 4.69) is 11.4 Å². The Morgan fingerprint density at radius 3 is 2.31 bits per heavy atom. The predicted octanol–water partition coefficient (Wildman–Crippen LogP) is 3.61. The van der Waals surface area contributed by atoms with Gasteiger partial charge in [0.15, 0.2) is 0 Å². The molecule has 0 saturated heterocycles. The number of rotatable bonds is 7. The fraction of sp³-hybridized carbons (Fsp3) is 0.286. The van der Waals surface area contributed by atoms with E-state index in [1.807, 2.05) is 26.0 Å². The molecule has 0 saturated carbocycles. The maximum Gasteiger partial charge on any atom is 0.255 e. The molecule has 0 unspecified atom stereocenters. The van der Waals surface area contributed by atoms with Crippen LogP contribution in [0.4, 0.5) is 5.69 Å². The van der Waals surface area contributed by atoms with Gasteiger partial charge in [-0.15, -0.1) is 0 Å². The van der Waals surface area contributed by atoms with E-state index in [0.717, 1.165) is 5.56 Å². The first-order valence-corrected chi connectivity index (χ1v) is 8.76. The summed E-state index contributed by atoms with van der Waals surface area (Å²) in [5.74, 6) is -0.229. The van der Waals surface area contributed by atoms with E-state index >= 15 is 0 Å². The Morgan fingerprint density at radius 2 is 1.69 bits per heavy atom. The molecule has 0 spiro atoms. The number of benzene rings is 2. The lowest BCUT2D eigenvalue weighted by Crippen LogP contribution is -2.31. The van der Waals surface area contributed by atoms with Crippen molar-refractivity contribution in [2.75, 3.05) is 18.4 Å². The van der Waals surface area contributed by atoms with Crippen molar-refractivity contribution in [2.45, 2.75) is 26.7 Å². The average Bonchev–Trinajstić information content (AvgIpc) is 2.68. The van der Waals surface area contributed by atoms with E-state index in [0.29, 0.717) is 42.7 Å². The molecule has 5 nitrogen and oxygen atoms in total. The van der Waals surface area contributed by atoms with Crippen LogP contribution in [0.2, 0.25) is 0 Å². The van der Waals surface area contributed by atoms with Crippen LogP contribution in [0.15, 0.2) is 48.5 Å². The van der Waals surface area contributed by atoms with Crippen LogP contribution in [0, 0.1) is 11.3 Å². The molecule has 0 aliphatic heterocycles. The maximum absolute atomic E-state index is 12.6. The summed E-state index contributed by atoms with van der Waals surface area (Å²) in [5, 5.41) is 11.7. The normalized spacial score (nSPS) is 10.0. The molecule has 5 heteroatoms. The van der Waals surface area contributed by atoms with Gasteiger partial charge in [0.2, 0.25) is 5.91 Å². The molecule has 2 aromatic rings. The van der Waals surface area contributed by atoms with Crippen molar-refractivity contribution in [2.24, 2.45) is 0 Å². The Kier molecular flexibility index (Phi) is 6.92. The Morgan fingerprint density at radius 1 is 1.04 bits per heavy atom. The van der Waals surface area contributed by atoms with Gasteiger partial charge in [-0.25, -0.2) is 0 Å². The summed E-state index contributed by atoms with van der Waals surface area (Å²) >= 11 is 0. The van der Waals surface area contributed by atoms with E-state index < -0.39 is 0 Å². The Bertz CT molecular complexity index is 803.